The van der Waals surface area contributed by atoms with E-state index in [0.29, 0.717) is 11.7 Å². The van der Waals surface area contributed by atoms with Gasteiger partial charge in [-0.15, -0.1) is 0 Å². The van der Waals surface area contributed by atoms with Crippen LogP contribution in [0.1, 0.15) is 11.7 Å². The number of rotatable bonds is 5. The number of nitrogens with one attached hydrogen (secondary N) is 1. The van der Waals surface area contributed by atoms with Crippen molar-refractivity contribution in [1.29, 1.82) is 0 Å². The highest BCUT2D eigenvalue weighted by molar-refractivity contribution is 6.30. The minimum Gasteiger partial charge on any atom is -0.369 e. The van der Waals surface area contributed by atoms with Crippen molar-refractivity contribution in [3.63, 3.8) is 0 Å². The van der Waals surface area contributed by atoms with Crippen molar-refractivity contribution < 1.29 is 0 Å². The highest BCUT2D eigenvalue weighted by Crippen LogP contribution is 2.29. The van der Waals surface area contributed by atoms with Gasteiger partial charge in [0.05, 0.1) is 11.7 Å². The highest BCUT2D eigenvalue weighted by Gasteiger charge is 2.27. The molecule has 1 aliphatic rings. The van der Waals surface area contributed by atoms with Crippen LogP contribution in [0.3, 0.4) is 0 Å². The fraction of sp³-hybridized carbons (Fsp3) is 0.286. The fourth-order valence-electron chi connectivity index (χ4n) is 3.70. The average molecular weight is 382 g/mol. The Morgan fingerprint density at radius 1 is 0.963 bits per heavy atom. The molecule has 5 nitrogen and oxygen atoms in total. The Bertz CT molecular complexity index is 857. The molecular formula is C21H24ClN5. The summed E-state index contributed by atoms with van der Waals surface area (Å²) in [6, 6.07) is 20.6. The Labute approximate surface area is 164 Å². The number of aromatic amines is 1. The average Bonchev–Trinajstić information content (AvgIpc) is 3.12. The molecular weight excluding hydrogens is 358 g/mol. The van der Waals surface area contributed by atoms with E-state index in [1.807, 2.05) is 30.3 Å². The molecule has 3 aromatic rings. The molecule has 1 aliphatic heterocycles. The van der Waals surface area contributed by atoms with Crippen molar-refractivity contribution in [3.05, 3.63) is 71.5 Å². The van der Waals surface area contributed by atoms with Gasteiger partial charge in [0.1, 0.15) is 5.82 Å². The van der Waals surface area contributed by atoms with Gasteiger partial charge in [-0.25, -0.2) is 4.98 Å². The minimum absolute atomic E-state index is 0.0420. The van der Waals surface area contributed by atoms with Gasteiger partial charge in [0, 0.05) is 44.0 Å². The normalized spacial score (nSPS) is 16.4. The second kappa shape index (κ2) is 8.13. The molecule has 3 N–H and O–H groups in total. The van der Waals surface area contributed by atoms with Gasteiger partial charge in [-0.2, -0.15) is 0 Å². The van der Waals surface area contributed by atoms with Crippen LogP contribution in [0.25, 0.3) is 11.4 Å². The smallest absolute Gasteiger partial charge is 0.152 e. The zero-order chi connectivity index (χ0) is 18.6. The first kappa shape index (κ1) is 18.0. The lowest BCUT2D eigenvalue weighted by Gasteiger charge is -2.39. The van der Waals surface area contributed by atoms with Crippen molar-refractivity contribution in [2.45, 2.75) is 6.04 Å². The first-order valence-corrected chi connectivity index (χ1v) is 9.69. The van der Waals surface area contributed by atoms with Crippen LogP contribution >= 0.6 is 11.6 Å². The Hall–Kier alpha value is -2.34. The van der Waals surface area contributed by atoms with E-state index in [2.05, 4.69) is 50.1 Å². The summed E-state index contributed by atoms with van der Waals surface area (Å²) in [6.45, 7) is 4.32. The van der Waals surface area contributed by atoms with Gasteiger partial charge in [0.15, 0.2) is 5.15 Å². The van der Waals surface area contributed by atoms with Crippen LogP contribution in [0.2, 0.25) is 5.15 Å². The van der Waals surface area contributed by atoms with E-state index < -0.39 is 0 Å². The number of benzene rings is 2. The second-order valence-corrected chi connectivity index (χ2v) is 7.12. The Morgan fingerprint density at radius 2 is 1.59 bits per heavy atom. The molecule has 0 radical (unpaired) electrons. The zero-order valence-corrected chi connectivity index (χ0v) is 15.9. The maximum atomic E-state index is 6.48. The molecule has 6 heteroatoms. The Balaban J connectivity index is 1.49. The molecule has 140 valence electrons. The first-order chi connectivity index (χ1) is 13.3. The van der Waals surface area contributed by atoms with E-state index in [1.165, 1.54) is 5.69 Å². The van der Waals surface area contributed by atoms with Gasteiger partial charge in [-0.05, 0) is 12.1 Å². The molecule has 1 aromatic heterocycles. The van der Waals surface area contributed by atoms with Crippen LogP contribution in [0.5, 0.6) is 0 Å². The number of anilines is 1. The van der Waals surface area contributed by atoms with E-state index in [4.69, 9.17) is 17.3 Å². The molecule has 0 aliphatic carbocycles. The van der Waals surface area contributed by atoms with Crippen LogP contribution in [0.4, 0.5) is 5.69 Å². The summed E-state index contributed by atoms with van der Waals surface area (Å²) in [7, 11) is 0. The first-order valence-electron chi connectivity index (χ1n) is 9.31. The molecule has 4 rings (SSSR count). The topological polar surface area (TPSA) is 61.2 Å². The maximum Gasteiger partial charge on any atom is 0.152 e. The lowest BCUT2D eigenvalue weighted by Crippen LogP contribution is -2.49. The van der Waals surface area contributed by atoms with Gasteiger partial charge in [-0.1, -0.05) is 60.1 Å². The number of para-hydroxylation sites is 1. The van der Waals surface area contributed by atoms with Crippen molar-refractivity contribution >= 4 is 17.3 Å². The maximum absolute atomic E-state index is 6.48. The van der Waals surface area contributed by atoms with E-state index in [0.717, 1.165) is 43.3 Å². The monoisotopic (exact) mass is 381 g/mol. The minimum atomic E-state index is 0.0420. The number of nitrogens with two attached hydrogens (primary N) is 1. The predicted molar refractivity (Wildman–Crippen MR) is 111 cm³/mol. The van der Waals surface area contributed by atoms with Crippen molar-refractivity contribution in [2.75, 3.05) is 37.6 Å². The second-order valence-electron chi connectivity index (χ2n) is 6.77. The molecule has 0 saturated carbocycles. The van der Waals surface area contributed by atoms with Gasteiger partial charge in [0.25, 0.3) is 0 Å². The van der Waals surface area contributed by atoms with Crippen LogP contribution < -0.4 is 10.6 Å². The van der Waals surface area contributed by atoms with Crippen LogP contribution in [-0.2, 0) is 0 Å². The molecule has 0 bridgehead atoms. The Kier molecular flexibility index (Phi) is 5.43. The molecule has 0 spiro atoms. The number of halogens is 1. The number of imidazole rings is 1. The largest absolute Gasteiger partial charge is 0.369 e. The van der Waals surface area contributed by atoms with E-state index in [9.17, 15) is 0 Å². The summed E-state index contributed by atoms with van der Waals surface area (Å²) in [6.07, 6.45) is 0. The summed E-state index contributed by atoms with van der Waals surface area (Å²) >= 11 is 6.48. The van der Waals surface area contributed by atoms with E-state index >= 15 is 0 Å². The summed E-state index contributed by atoms with van der Waals surface area (Å²) in [5.74, 6) is 0.789. The number of nitrogens with zero attached hydrogens (tertiary/aromatic N) is 3. The quantitative estimate of drug-likeness (QED) is 0.709. The van der Waals surface area contributed by atoms with Crippen LogP contribution in [0, 0.1) is 0 Å². The number of hydrogen-bond acceptors (Lipinski definition) is 4. The van der Waals surface area contributed by atoms with Crippen LogP contribution in [0.15, 0.2) is 60.7 Å². The third-order valence-electron chi connectivity index (χ3n) is 5.17. The lowest BCUT2D eigenvalue weighted by molar-refractivity contribution is 0.187. The molecule has 27 heavy (non-hydrogen) atoms. The standard InChI is InChI=1S/C21H24ClN5/c22-20-19(24-21(25-20)16-7-3-1-4-8-16)18(15-23)27-13-11-26(12-14-27)17-9-5-2-6-10-17/h1-10,18H,11-15,23H2,(H,24,25). The van der Waals surface area contributed by atoms with Crippen molar-refractivity contribution in [3.8, 4) is 11.4 Å². The van der Waals surface area contributed by atoms with Crippen LogP contribution in [-0.4, -0.2) is 47.6 Å². The van der Waals surface area contributed by atoms with Gasteiger partial charge < -0.3 is 15.6 Å². The van der Waals surface area contributed by atoms with Gasteiger partial charge in [-0.3, -0.25) is 4.90 Å². The van der Waals surface area contributed by atoms with Gasteiger partial charge in [0.2, 0.25) is 0 Å². The summed E-state index contributed by atoms with van der Waals surface area (Å²) in [5.41, 5.74) is 9.34. The summed E-state index contributed by atoms with van der Waals surface area (Å²) < 4.78 is 0. The highest BCUT2D eigenvalue weighted by atomic mass is 35.5. The molecule has 0 amide bonds. The number of piperazine rings is 1. The number of hydrogen-bond donors (Lipinski definition) is 2. The van der Waals surface area contributed by atoms with Crippen molar-refractivity contribution in [2.24, 2.45) is 5.73 Å². The van der Waals surface area contributed by atoms with E-state index in [-0.39, 0.29) is 6.04 Å². The molecule has 1 fully saturated rings. The molecule has 2 heterocycles. The summed E-state index contributed by atoms with van der Waals surface area (Å²) in [4.78, 5) is 12.7. The molecule has 1 atom stereocenters. The molecule has 1 saturated heterocycles. The zero-order valence-electron chi connectivity index (χ0n) is 15.2. The third-order valence-corrected chi connectivity index (χ3v) is 5.45. The molecule has 2 aromatic carbocycles. The Morgan fingerprint density at radius 3 is 2.22 bits per heavy atom. The third kappa shape index (κ3) is 3.86. The molecule has 1 unspecified atom stereocenters. The summed E-state index contributed by atoms with van der Waals surface area (Å²) in [5, 5.41) is 0.509. The van der Waals surface area contributed by atoms with E-state index in [1.54, 1.807) is 0 Å². The number of H-pyrrole nitrogens is 1. The van der Waals surface area contributed by atoms with Gasteiger partial charge >= 0.3 is 0 Å². The predicted octanol–water partition coefficient (Wildman–Crippen LogP) is 3.55. The number of aromatic nitrogens is 2. The SMILES string of the molecule is NCC(c1[nH]c(-c2ccccc2)nc1Cl)N1CCN(c2ccccc2)CC1. The fourth-order valence-corrected chi connectivity index (χ4v) is 3.96. The lowest BCUT2D eigenvalue weighted by atomic mass is 10.1. The van der Waals surface area contributed by atoms with Crippen molar-refractivity contribution in [1.82, 2.24) is 14.9 Å².